The number of aryl methyl sites for hydroxylation is 2. The molecule has 0 spiro atoms. The Bertz CT molecular complexity index is 1410. The van der Waals surface area contributed by atoms with Crippen molar-refractivity contribution in [3.05, 3.63) is 65.9 Å². The van der Waals surface area contributed by atoms with E-state index in [4.69, 9.17) is 0 Å². The van der Waals surface area contributed by atoms with Crippen LogP contribution < -0.4 is 0 Å². The Balaban J connectivity index is 1.37. The van der Waals surface area contributed by atoms with Crippen LogP contribution in [0.4, 0.5) is 8.78 Å². The Hall–Kier alpha value is -3.18. The van der Waals surface area contributed by atoms with Crippen LogP contribution in [0.2, 0.25) is 0 Å². The third-order valence-electron chi connectivity index (χ3n) is 6.88. The van der Waals surface area contributed by atoms with Gasteiger partial charge in [-0.15, -0.1) is 0 Å². The predicted octanol–water partition coefficient (Wildman–Crippen LogP) is 3.95. The highest BCUT2D eigenvalue weighted by molar-refractivity contribution is 7.89. The predicted molar refractivity (Wildman–Crippen MR) is 131 cm³/mol. The first-order valence-electron chi connectivity index (χ1n) is 12.3. The molecule has 5 rings (SSSR count). The molecule has 1 aliphatic heterocycles. The number of carbonyl (C=O) groups is 1. The van der Waals surface area contributed by atoms with Crippen LogP contribution in [0.1, 0.15) is 55.9 Å². The van der Waals surface area contributed by atoms with E-state index in [-0.39, 0.29) is 35.9 Å². The van der Waals surface area contributed by atoms with E-state index in [1.165, 1.54) is 6.92 Å². The van der Waals surface area contributed by atoms with Gasteiger partial charge in [-0.1, -0.05) is 0 Å². The minimum Gasteiger partial charge on any atom is -0.298 e. The van der Waals surface area contributed by atoms with E-state index in [1.807, 2.05) is 0 Å². The Morgan fingerprint density at radius 1 is 1.11 bits per heavy atom. The maximum Gasteiger partial charge on any atom is 0.244 e. The summed E-state index contributed by atoms with van der Waals surface area (Å²) in [5.74, 6) is 0.656. The normalized spacial score (nSPS) is 22.3. The molecule has 37 heavy (non-hydrogen) atoms. The van der Waals surface area contributed by atoms with E-state index >= 15 is 0 Å². The summed E-state index contributed by atoms with van der Waals surface area (Å²) in [5.41, 5.74) is 2.05. The molecule has 3 atom stereocenters. The van der Waals surface area contributed by atoms with E-state index < -0.39 is 34.1 Å². The number of aromatic nitrogens is 4. The van der Waals surface area contributed by atoms with Gasteiger partial charge in [-0.2, -0.15) is 4.31 Å². The van der Waals surface area contributed by atoms with Crippen molar-refractivity contribution in [3.63, 3.8) is 0 Å². The van der Waals surface area contributed by atoms with Crippen molar-refractivity contribution >= 4 is 15.8 Å². The molecular formula is C26H27F2N5O3S. The molecule has 0 amide bonds. The summed E-state index contributed by atoms with van der Waals surface area (Å²) in [4.78, 5) is 30.9. The lowest BCUT2D eigenvalue weighted by molar-refractivity contribution is -0.122. The summed E-state index contributed by atoms with van der Waals surface area (Å²) >= 11 is 0. The van der Waals surface area contributed by atoms with Crippen LogP contribution in [0.15, 0.2) is 47.6 Å². The zero-order valence-corrected chi connectivity index (χ0v) is 21.3. The fraction of sp³-hybridized carbons (Fsp3) is 0.423. The number of benzene rings is 1. The molecule has 3 heterocycles. The first kappa shape index (κ1) is 25.5. The second kappa shape index (κ2) is 9.94. The zero-order valence-electron chi connectivity index (χ0n) is 20.5. The van der Waals surface area contributed by atoms with Crippen LogP contribution >= 0.6 is 0 Å². The molecule has 1 aliphatic carbocycles. The zero-order chi connectivity index (χ0) is 26.3. The molecule has 1 saturated carbocycles. The molecular weight excluding hydrogens is 500 g/mol. The summed E-state index contributed by atoms with van der Waals surface area (Å²) in [5, 5.41) is 0. The van der Waals surface area contributed by atoms with Crippen molar-refractivity contribution in [2.45, 2.75) is 75.0 Å². The molecule has 1 aromatic carbocycles. The van der Waals surface area contributed by atoms with Gasteiger partial charge >= 0.3 is 0 Å². The Kier molecular flexibility index (Phi) is 6.84. The Morgan fingerprint density at radius 2 is 1.78 bits per heavy atom. The summed E-state index contributed by atoms with van der Waals surface area (Å²) < 4.78 is 55.6. The van der Waals surface area contributed by atoms with Gasteiger partial charge in [0, 0.05) is 42.4 Å². The van der Waals surface area contributed by atoms with Crippen molar-refractivity contribution in [1.82, 2.24) is 24.2 Å². The average Bonchev–Trinajstić information content (AvgIpc) is 3.68. The fourth-order valence-corrected chi connectivity index (χ4v) is 6.44. The summed E-state index contributed by atoms with van der Waals surface area (Å²) in [6.07, 6.45) is 3.92. The lowest BCUT2D eigenvalue weighted by atomic mass is 10.0. The highest BCUT2D eigenvalue weighted by Gasteiger charge is 2.48. The molecule has 3 aromatic rings. The number of alkyl halides is 1. The van der Waals surface area contributed by atoms with Crippen molar-refractivity contribution in [2.75, 3.05) is 0 Å². The minimum atomic E-state index is -4.20. The maximum absolute atomic E-state index is 14.7. The molecule has 2 fully saturated rings. The molecule has 0 unspecified atom stereocenters. The molecule has 0 bridgehead atoms. The third-order valence-corrected chi connectivity index (χ3v) is 8.89. The van der Waals surface area contributed by atoms with Gasteiger partial charge in [0.15, 0.2) is 5.78 Å². The monoisotopic (exact) mass is 527 g/mol. The van der Waals surface area contributed by atoms with Crippen LogP contribution in [-0.2, 0) is 21.2 Å². The largest absolute Gasteiger partial charge is 0.298 e. The number of hydrogen-bond donors (Lipinski definition) is 0. The Labute approximate surface area is 214 Å². The second-order valence-corrected chi connectivity index (χ2v) is 11.5. The topological polar surface area (TPSA) is 106 Å². The highest BCUT2D eigenvalue weighted by atomic mass is 32.2. The van der Waals surface area contributed by atoms with E-state index in [0.29, 0.717) is 23.0 Å². The van der Waals surface area contributed by atoms with Gasteiger partial charge in [0.1, 0.15) is 23.6 Å². The number of rotatable bonds is 8. The van der Waals surface area contributed by atoms with Gasteiger partial charge in [0.25, 0.3) is 0 Å². The molecule has 0 N–H and O–H groups in total. The van der Waals surface area contributed by atoms with Crippen molar-refractivity contribution < 1.29 is 22.0 Å². The van der Waals surface area contributed by atoms with Gasteiger partial charge < -0.3 is 0 Å². The molecule has 1 saturated heterocycles. The summed E-state index contributed by atoms with van der Waals surface area (Å²) in [6.45, 7) is 3.24. The number of carbonyl (C=O) groups excluding carboxylic acids is 1. The lowest BCUT2D eigenvalue weighted by Crippen LogP contribution is -2.44. The van der Waals surface area contributed by atoms with E-state index in [1.54, 1.807) is 25.4 Å². The highest BCUT2D eigenvalue weighted by Crippen LogP contribution is 2.39. The molecule has 2 aliphatic rings. The molecule has 11 heteroatoms. The number of nitrogens with zero attached hydrogens (tertiary/aromatic N) is 5. The lowest BCUT2D eigenvalue weighted by Gasteiger charge is -2.26. The van der Waals surface area contributed by atoms with Crippen LogP contribution in [-0.4, -0.2) is 56.7 Å². The number of sulfonamides is 1. The van der Waals surface area contributed by atoms with Gasteiger partial charge in [0.05, 0.1) is 22.7 Å². The van der Waals surface area contributed by atoms with Gasteiger partial charge in [-0.05, 0) is 63.4 Å². The first-order valence-corrected chi connectivity index (χ1v) is 13.7. The van der Waals surface area contributed by atoms with Crippen LogP contribution in [0, 0.1) is 12.7 Å². The summed E-state index contributed by atoms with van der Waals surface area (Å²) in [6, 6.07) is 3.94. The summed E-state index contributed by atoms with van der Waals surface area (Å²) in [7, 11) is -4.20. The molecule has 2 aromatic heterocycles. The molecule has 8 nitrogen and oxygen atoms in total. The van der Waals surface area contributed by atoms with Gasteiger partial charge in [-0.25, -0.2) is 37.1 Å². The smallest absolute Gasteiger partial charge is 0.244 e. The van der Waals surface area contributed by atoms with E-state index in [2.05, 4.69) is 19.9 Å². The minimum absolute atomic E-state index is 0.00942. The van der Waals surface area contributed by atoms with Crippen molar-refractivity contribution in [2.24, 2.45) is 0 Å². The van der Waals surface area contributed by atoms with E-state index in [0.717, 1.165) is 47.0 Å². The van der Waals surface area contributed by atoms with Crippen LogP contribution in [0.3, 0.4) is 0 Å². The fourth-order valence-electron chi connectivity index (χ4n) is 4.61. The number of hydrogen-bond acceptors (Lipinski definition) is 7. The first-order chi connectivity index (χ1) is 17.6. The van der Waals surface area contributed by atoms with E-state index in [9.17, 15) is 22.0 Å². The SMILES string of the molecule is Cc1ncc(-c2cc(CCC(=O)[C@@H]3C[C@@H](F)[C@H](C)N3S(=O)(=O)c3ccc(F)cc3)nc(C3CC3)n2)cn1. The standard InChI is InChI=1S/C26H27F2N5O3S/c1-15-22(28)12-24(33(15)37(35,36)21-8-5-19(27)6-9-21)25(34)10-7-20-11-23(18-13-29-16(2)30-14-18)32-26(31-20)17-3-4-17/h5-6,8-9,11,13-15,17,22,24H,3-4,7,10,12H2,1-2H3/t15-,22+,24-/m0/s1. The van der Waals surface area contributed by atoms with Crippen molar-refractivity contribution in [3.8, 4) is 11.3 Å². The van der Waals surface area contributed by atoms with Gasteiger partial charge in [-0.3, -0.25) is 4.79 Å². The Morgan fingerprint density at radius 3 is 2.43 bits per heavy atom. The van der Waals surface area contributed by atoms with Gasteiger partial charge in [0.2, 0.25) is 10.0 Å². The quantitative estimate of drug-likeness (QED) is 0.437. The molecule has 194 valence electrons. The molecule has 0 radical (unpaired) electrons. The van der Waals surface area contributed by atoms with Crippen molar-refractivity contribution in [1.29, 1.82) is 0 Å². The van der Waals surface area contributed by atoms with Crippen LogP contribution in [0.5, 0.6) is 0 Å². The number of halogens is 2. The third kappa shape index (κ3) is 5.28. The van der Waals surface area contributed by atoms with Crippen LogP contribution in [0.25, 0.3) is 11.3 Å². The second-order valence-electron chi connectivity index (χ2n) is 9.66. The average molecular weight is 528 g/mol. The maximum atomic E-state index is 14.7. The number of Topliss-reactive ketones (excluding diaryl/α,β-unsaturated/α-hetero) is 1. The number of ketones is 1.